The highest BCUT2D eigenvalue weighted by Crippen LogP contribution is 2.30. The lowest BCUT2D eigenvalue weighted by Gasteiger charge is -2.18. The SMILES string of the molecule is CO[C@H]1CC(C(=O)O)C[C@@H]1ON(O)O. The van der Waals surface area contributed by atoms with Gasteiger partial charge in [-0.2, -0.15) is 0 Å². The van der Waals surface area contributed by atoms with Crippen molar-refractivity contribution in [3.63, 3.8) is 0 Å². The maximum atomic E-state index is 10.6. The maximum Gasteiger partial charge on any atom is 0.306 e. The minimum atomic E-state index is -0.930. The van der Waals surface area contributed by atoms with Gasteiger partial charge in [0.1, 0.15) is 6.10 Å². The average Bonchev–Trinajstić information content (AvgIpc) is 2.46. The number of carboxylic acids is 1. The fraction of sp³-hybridized carbons (Fsp3) is 0.857. The lowest BCUT2D eigenvalue weighted by molar-refractivity contribution is -0.507. The largest absolute Gasteiger partial charge is 0.481 e. The molecule has 1 unspecified atom stereocenters. The zero-order valence-corrected chi connectivity index (χ0v) is 7.66. The van der Waals surface area contributed by atoms with E-state index < -0.39 is 29.5 Å². The van der Waals surface area contributed by atoms with Gasteiger partial charge in [-0.3, -0.25) is 15.2 Å². The second kappa shape index (κ2) is 4.67. The van der Waals surface area contributed by atoms with Crippen molar-refractivity contribution in [1.29, 1.82) is 0 Å². The first-order valence-electron chi connectivity index (χ1n) is 4.14. The topological polar surface area (TPSA) is 99.5 Å². The Hall–Kier alpha value is -0.730. The molecule has 0 amide bonds. The van der Waals surface area contributed by atoms with E-state index >= 15 is 0 Å². The molecule has 0 aromatic heterocycles. The van der Waals surface area contributed by atoms with E-state index in [9.17, 15) is 4.79 Å². The van der Waals surface area contributed by atoms with E-state index in [1.807, 2.05) is 0 Å². The van der Waals surface area contributed by atoms with Crippen molar-refractivity contribution in [3.05, 3.63) is 0 Å². The Labute approximate surface area is 80.3 Å². The second-order valence-corrected chi connectivity index (χ2v) is 3.18. The van der Waals surface area contributed by atoms with E-state index in [2.05, 4.69) is 4.84 Å². The van der Waals surface area contributed by atoms with Crippen molar-refractivity contribution < 1.29 is 29.9 Å². The smallest absolute Gasteiger partial charge is 0.306 e. The quantitative estimate of drug-likeness (QED) is 0.552. The van der Waals surface area contributed by atoms with Gasteiger partial charge in [-0.15, -0.1) is 0 Å². The maximum absolute atomic E-state index is 10.6. The summed E-state index contributed by atoms with van der Waals surface area (Å²) in [6.45, 7) is 0. The summed E-state index contributed by atoms with van der Waals surface area (Å²) in [7, 11) is 1.42. The number of aliphatic carboxylic acids is 1. The third-order valence-electron chi connectivity index (χ3n) is 2.33. The Kier molecular flexibility index (Phi) is 3.78. The molecule has 3 atom stereocenters. The van der Waals surface area contributed by atoms with Crippen LogP contribution in [0.2, 0.25) is 0 Å². The number of rotatable bonds is 4. The van der Waals surface area contributed by atoms with Crippen molar-refractivity contribution in [2.45, 2.75) is 25.0 Å². The van der Waals surface area contributed by atoms with E-state index in [4.69, 9.17) is 20.3 Å². The lowest BCUT2D eigenvalue weighted by atomic mass is 10.1. The van der Waals surface area contributed by atoms with Crippen LogP contribution in [0.3, 0.4) is 0 Å². The van der Waals surface area contributed by atoms with Crippen LogP contribution in [0.25, 0.3) is 0 Å². The molecule has 7 nitrogen and oxygen atoms in total. The molecule has 1 rings (SSSR count). The minimum absolute atomic E-state index is 0.200. The average molecular weight is 207 g/mol. The minimum Gasteiger partial charge on any atom is -0.481 e. The van der Waals surface area contributed by atoms with Gasteiger partial charge in [0.25, 0.3) is 0 Å². The summed E-state index contributed by atoms with van der Waals surface area (Å²) in [6, 6.07) is 0. The van der Waals surface area contributed by atoms with E-state index in [1.165, 1.54) is 7.11 Å². The van der Waals surface area contributed by atoms with Crippen LogP contribution in [-0.4, -0.2) is 46.2 Å². The van der Waals surface area contributed by atoms with Crippen LogP contribution in [0.1, 0.15) is 12.8 Å². The first-order valence-corrected chi connectivity index (χ1v) is 4.14. The molecule has 14 heavy (non-hydrogen) atoms. The second-order valence-electron chi connectivity index (χ2n) is 3.18. The van der Waals surface area contributed by atoms with E-state index in [0.29, 0.717) is 6.42 Å². The molecule has 0 bridgehead atoms. The van der Waals surface area contributed by atoms with Crippen LogP contribution >= 0.6 is 0 Å². The summed E-state index contributed by atoms with van der Waals surface area (Å²) in [5.41, 5.74) is 0. The highest BCUT2D eigenvalue weighted by molar-refractivity contribution is 5.70. The monoisotopic (exact) mass is 207 g/mol. The van der Waals surface area contributed by atoms with Crippen molar-refractivity contribution in [2.24, 2.45) is 5.92 Å². The fourth-order valence-corrected chi connectivity index (χ4v) is 1.64. The predicted octanol–water partition coefficient (Wildman–Crippen LogP) is -0.123. The van der Waals surface area contributed by atoms with Crippen LogP contribution in [-0.2, 0) is 14.4 Å². The van der Waals surface area contributed by atoms with Crippen LogP contribution in [0.4, 0.5) is 0 Å². The summed E-state index contributed by atoms with van der Waals surface area (Å²) in [5, 5.41) is 25.1. The van der Waals surface area contributed by atoms with Crippen molar-refractivity contribution in [2.75, 3.05) is 7.11 Å². The molecule has 1 saturated carbocycles. The first-order chi connectivity index (χ1) is 6.54. The van der Waals surface area contributed by atoms with Crippen molar-refractivity contribution >= 4 is 5.97 Å². The number of carboxylic acid groups (broad SMARTS) is 1. The first kappa shape index (κ1) is 11.3. The van der Waals surface area contributed by atoms with Gasteiger partial charge < -0.3 is 9.84 Å². The van der Waals surface area contributed by atoms with Crippen molar-refractivity contribution in [3.8, 4) is 0 Å². The molecule has 1 aliphatic carbocycles. The summed E-state index contributed by atoms with van der Waals surface area (Å²) in [5.74, 6) is -1.49. The number of hydrogen-bond donors (Lipinski definition) is 3. The summed E-state index contributed by atoms with van der Waals surface area (Å²) < 4.78 is 4.97. The zero-order valence-electron chi connectivity index (χ0n) is 7.66. The third-order valence-corrected chi connectivity index (χ3v) is 2.33. The van der Waals surface area contributed by atoms with Gasteiger partial charge in [-0.25, -0.2) is 4.84 Å². The van der Waals surface area contributed by atoms with Gasteiger partial charge in [0.05, 0.1) is 17.4 Å². The molecule has 0 aromatic rings. The molecule has 1 aliphatic rings. The van der Waals surface area contributed by atoms with Crippen LogP contribution in [0, 0.1) is 5.92 Å². The highest BCUT2D eigenvalue weighted by atomic mass is 17.1. The molecule has 0 saturated heterocycles. The normalized spacial score (nSPS) is 32.4. The number of hydrogen-bond acceptors (Lipinski definition) is 6. The Morgan fingerprint density at radius 3 is 2.36 bits per heavy atom. The lowest BCUT2D eigenvalue weighted by Crippen LogP contribution is -2.31. The molecular formula is C7H13NO6. The Morgan fingerprint density at radius 2 is 1.93 bits per heavy atom. The molecule has 82 valence electrons. The molecule has 3 N–H and O–H groups in total. The molecule has 1 fully saturated rings. The predicted molar refractivity (Wildman–Crippen MR) is 41.4 cm³/mol. The fourth-order valence-electron chi connectivity index (χ4n) is 1.64. The number of ether oxygens (including phenoxy) is 1. The molecule has 0 radical (unpaired) electrons. The molecule has 7 heteroatoms. The van der Waals surface area contributed by atoms with E-state index in [0.717, 1.165) is 0 Å². The third kappa shape index (κ3) is 2.63. The van der Waals surface area contributed by atoms with Gasteiger partial charge >= 0.3 is 5.97 Å². The van der Waals surface area contributed by atoms with Gasteiger partial charge in [0.15, 0.2) is 0 Å². The molecule has 0 aromatic carbocycles. The van der Waals surface area contributed by atoms with Crippen molar-refractivity contribution in [1.82, 2.24) is 5.39 Å². The van der Waals surface area contributed by atoms with Gasteiger partial charge in [0.2, 0.25) is 0 Å². The number of nitrogens with zero attached hydrogens (tertiary/aromatic N) is 1. The summed E-state index contributed by atoms with van der Waals surface area (Å²) in [4.78, 5) is 15.2. The Bertz CT molecular complexity index is 208. The molecule has 0 spiro atoms. The zero-order chi connectivity index (χ0) is 10.7. The molecular weight excluding hydrogens is 194 g/mol. The van der Waals surface area contributed by atoms with E-state index in [1.54, 1.807) is 0 Å². The van der Waals surface area contributed by atoms with Crippen LogP contribution in [0.5, 0.6) is 0 Å². The van der Waals surface area contributed by atoms with E-state index in [-0.39, 0.29) is 6.42 Å². The Balaban J connectivity index is 2.53. The number of carbonyl (C=O) groups is 1. The van der Waals surface area contributed by atoms with Crippen LogP contribution in [0.15, 0.2) is 0 Å². The highest BCUT2D eigenvalue weighted by Gasteiger charge is 2.40. The summed E-state index contributed by atoms with van der Waals surface area (Å²) >= 11 is 0. The standard InChI is InChI=1S/C7H13NO6/c1-13-5-2-4(7(9)10)3-6(5)14-8(11)12/h4-6,11-12H,2-3H2,1H3,(H,9,10)/t4?,5-,6-/m0/s1. The van der Waals surface area contributed by atoms with Gasteiger partial charge in [-0.1, -0.05) is 0 Å². The summed E-state index contributed by atoms with van der Waals surface area (Å²) in [6.07, 6.45) is -0.565. The number of methoxy groups -OCH3 is 1. The molecule has 0 heterocycles. The van der Waals surface area contributed by atoms with Crippen LogP contribution < -0.4 is 0 Å². The van der Waals surface area contributed by atoms with Gasteiger partial charge in [0, 0.05) is 7.11 Å². The Morgan fingerprint density at radius 1 is 1.36 bits per heavy atom. The van der Waals surface area contributed by atoms with Gasteiger partial charge in [-0.05, 0) is 12.8 Å². The molecule has 0 aliphatic heterocycles.